The number of amides is 1. The third kappa shape index (κ3) is 4.28. The highest BCUT2D eigenvalue weighted by Gasteiger charge is 2.28. The Labute approximate surface area is 149 Å². The molecule has 1 atom stereocenters. The summed E-state index contributed by atoms with van der Waals surface area (Å²) < 4.78 is 5.23. The van der Waals surface area contributed by atoms with Gasteiger partial charge in [-0.15, -0.1) is 0 Å². The van der Waals surface area contributed by atoms with Gasteiger partial charge in [0.2, 0.25) is 5.91 Å². The highest BCUT2D eigenvalue weighted by atomic mass is 16.5. The topological polar surface area (TPSA) is 32.8 Å². The van der Waals surface area contributed by atoms with E-state index in [0.29, 0.717) is 0 Å². The van der Waals surface area contributed by atoms with Crippen LogP contribution in [0.25, 0.3) is 6.08 Å². The number of ether oxygens (including phenoxy) is 1. The Bertz CT molecular complexity index is 743. The number of likely N-dealkylation sites (N-methyl/N-ethyl adjacent to an activating group) is 1. The first kappa shape index (κ1) is 17.2. The van der Waals surface area contributed by atoms with Crippen LogP contribution < -0.4 is 4.74 Å². The fraction of sp³-hybridized carbons (Fsp3) is 0.286. The second-order valence-corrected chi connectivity index (χ2v) is 6.33. The molecule has 0 aliphatic carbocycles. The predicted molar refractivity (Wildman–Crippen MR) is 100 cm³/mol. The summed E-state index contributed by atoms with van der Waals surface area (Å²) in [5, 5.41) is 0. The van der Waals surface area contributed by atoms with Crippen LogP contribution in [0, 0.1) is 0 Å². The highest BCUT2D eigenvalue weighted by Crippen LogP contribution is 2.25. The molecule has 1 unspecified atom stereocenters. The van der Waals surface area contributed by atoms with Crippen molar-refractivity contribution < 1.29 is 9.53 Å². The van der Waals surface area contributed by atoms with Gasteiger partial charge in [0, 0.05) is 25.7 Å². The molecule has 3 rings (SSSR count). The molecule has 4 heteroatoms. The SMILES string of the molecule is COc1cccc(/C=C/C(=O)N2CCN(C)CC2c2ccccc2)c1. The zero-order chi connectivity index (χ0) is 17.6. The molecule has 130 valence electrons. The van der Waals surface area contributed by atoms with Gasteiger partial charge in [0.05, 0.1) is 13.2 Å². The molecule has 1 fully saturated rings. The smallest absolute Gasteiger partial charge is 0.247 e. The van der Waals surface area contributed by atoms with Gasteiger partial charge in [0.25, 0.3) is 0 Å². The summed E-state index contributed by atoms with van der Waals surface area (Å²) in [5.41, 5.74) is 2.13. The number of rotatable bonds is 4. The van der Waals surface area contributed by atoms with E-state index in [1.54, 1.807) is 13.2 Å². The molecule has 1 amide bonds. The first-order chi connectivity index (χ1) is 12.2. The molecule has 0 aromatic heterocycles. The predicted octanol–water partition coefficient (Wildman–Crippen LogP) is 3.22. The summed E-state index contributed by atoms with van der Waals surface area (Å²) in [6.45, 7) is 2.47. The van der Waals surface area contributed by atoms with E-state index in [0.717, 1.165) is 30.9 Å². The molecule has 2 aromatic rings. The molecule has 0 saturated carbocycles. The monoisotopic (exact) mass is 336 g/mol. The number of methoxy groups -OCH3 is 1. The van der Waals surface area contributed by atoms with Crippen LogP contribution in [-0.2, 0) is 4.79 Å². The van der Waals surface area contributed by atoms with Crippen LogP contribution in [0.3, 0.4) is 0 Å². The van der Waals surface area contributed by atoms with Crippen LogP contribution in [0.1, 0.15) is 17.2 Å². The summed E-state index contributed by atoms with van der Waals surface area (Å²) >= 11 is 0. The summed E-state index contributed by atoms with van der Waals surface area (Å²) in [6.07, 6.45) is 3.52. The van der Waals surface area contributed by atoms with Crippen LogP contribution in [0.15, 0.2) is 60.7 Å². The van der Waals surface area contributed by atoms with E-state index < -0.39 is 0 Å². The zero-order valence-corrected chi connectivity index (χ0v) is 14.8. The molecular formula is C21H24N2O2. The molecule has 1 aliphatic heterocycles. The number of hydrogen-bond donors (Lipinski definition) is 0. The fourth-order valence-corrected chi connectivity index (χ4v) is 3.15. The normalized spacial score (nSPS) is 18.5. The van der Waals surface area contributed by atoms with Crippen LogP contribution in [0.4, 0.5) is 0 Å². The van der Waals surface area contributed by atoms with Gasteiger partial charge >= 0.3 is 0 Å². The summed E-state index contributed by atoms with van der Waals surface area (Å²) in [5.74, 6) is 0.834. The molecular weight excluding hydrogens is 312 g/mol. The first-order valence-corrected chi connectivity index (χ1v) is 8.53. The lowest BCUT2D eigenvalue weighted by atomic mass is 10.0. The maximum absolute atomic E-state index is 12.8. The standard InChI is InChI=1S/C21H24N2O2/c1-22-13-14-23(20(16-22)18-8-4-3-5-9-18)21(24)12-11-17-7-6-10-19(15-17)25-2/h3-12,15,20H,13-14,16H2,1-2H3/b12-11+. The Hall–Kier alpha value is -2.59. The number of hydrogen-bond acceptors (Lipinski definition) is 3. The summed E-state index contributed by atoms with van der Waals surface area (Å²) in [6, 6.07) is 18.0. The average Bonchev–Trinajstić information content (AvgIpc) is 2.67. The Morgan fingerprint density at radius 2 is 1.92 bits per heavy atom. The molecule has 4 nitrogen and oxygen atoms in total. The van der Waals surface area contributed by atoms with Gasteiger partial charge in [0.1, 0.15) is 5.75 Å². The van der Waals surface area contributed by atoms with Crippen LogP contribution in [0.2, 0.25) is 0 Å². The maximum atomic E-state index is 12.8. The van der Waals surface area contributed by atoms with Crippen LogP contribution >= 0.6 is 0 Å². The highest BCUT2D eigenvalue weighted by molar-refractivity contribution is 5.92. The van der Waals surface area contributed by atoms with Gasteiger partial charge in [-0.3, -0.25) is 4.79 Å². The molecule has 0 spiro atoms. The van der Waals surface area contributed by atoms with Crippen molar-refractivity contribution in [2.45, 2.75) is 6.04 Å². The maximum Gasteiger partial charge on any atom is 0.247 e. The van der Waals surface area contributed by atoms with Crippen molar-refractivity contribution in [3.8, 4) is 5.75 Å². The molecule has 0 radical (unpaired) electrons. The third-order valence-corrected chi connectivity index (χ3v) is 4.56. The van der Waals surface area contributed by atoms with Crippen molar-refractivity contribution in [3.05, 3.63) is 71.8 Å². The minimum absolute atomic E-state index is 0.0461. The fourth-order valence-electron chi connectivity index (χ4n) is 3.15. The largest absolute Gasteiger partial charge is 0.497 e. The minimum Gasteiger partial charge on any atom is -0.497 e. The lowest BCUT2D eigenvalue weighted by molar-refractivity contribution is -0.130. The number of carbonyl (C=O) groups excluding carboxylic acids is 1. The van der Waals surface area contributed by atoms with Crippen molar-refractivity contribution in [2.75, 3.05) is 33.8 Å². The third-order valence-electron chi connectivity index (χ3n) is 4.56. The lowest BCUT2D eigenvalue weighted by Crippen LogP contribution is -2.48. The van der Waals surface area contributed by atoms with E-state index in [2.05, 4.69) is 24.1 Å². The van der Waals surface area contributed by atoms with Gasteiger partial charge in [-0.2, -0.15) is 0 Å². The van der Waals surface area contributed by atoms with Gasteiger partial charge in [-0.05, 0) is 36.4 Å². The molecule has 2 aromatic carbocycles. The van der Waals surface area contributed by atoms with Crippen LogP contribution in [-0.4, -0.2) is 49.5 Å². The minimum atomic E-state index is 0.0461. The van der Waals surface area contributed by atoms with E-state index in [1.807, 2.05) is 53.4 Å². The summed E-state index contributed by atoms with van der Waals surface area (Å²) in [7, 11) is 3.74. The van der Waals surface area contributed by atoms with Gasteiger partial charge < -0.3 is 14.5 Å². The summed E-state index contributed by atoms with van der Waals surface area (Å²) in [4.78, 5) is 17.0. The van der Waals surface area contributed by atoms with Crippen molar-refractivity contribution in [3.63, 3.8) is 0 Å². The molecule has 0 N–H and O–H groups in total. The first-order valence-electron chi connectivity index (χ1n) is 8.53. The van der Waals surface area contributed by atoms with E-state index in [4.69, 9.17) is 4.74 Å². The molecule has 1 aliphatic rings. The van der Waals surface area contributed by atoms with Crippen molar-refractivity contribution >= 4 is 12.0 Å². The zero-order valence-electron chi connectivity index (χ0n) is 14.8. The van der Waals surface area contributed by atoms with Crippen molar-refractivity contribution in [2.24, 2.45) is 0 Å². The number of carbonyl (C=O) groups is 1. The molecule has 25 heavy (non-hydrogen) atoms. The van der Waals surface area contributed by atoms with E-state index >= 15 is 0 Å². The second kappa shape index (κ2) is 7.99. The molecule has 1 heterocycles. The Morgan fingerprint density at radius 3 is 2.68 bits per heavy atom. The van der Waals surface area contributed by atoms with Gasteiger partial charge in [-0.1, -0.05) is 42.5 Å². The van der Waals surface area contributed by atoms with Crippen LogP contribution in [0.5, 0.6) is 5.75 Å². The Kier molecular flexibility index (Phi) is 5.51. The Morgan fingerprint density at radius 1 is 1.12 bits per heavy atom. The van der Waals surface area contributed by atoms with E-state index in [1.165, 1.54) is 5.56 Å². The second-order valence-electron chi connectivity index (χ2n) is 6.33. The average molecular weight is 336 g/mol. The van der Waals surface area contributed by atoms with Gasteiger partial charge in [-0.25, -0.2) is 0 Å². The van der Waals surface area contributed by atoms with E-state index in [9.17, 15) is 4.79 Å². The van der Waals surface area contributed by atoms with E-state index in [-0.39, 0.29) is 11.9 Å². The number of benzene rings is 2. The lowest BCUT2D eigenvalue weighted by Gasteiger charge is -2.39. The van der Waals surface area contributed by atoms with Crippen molar-refractivity contribution in [1.82, 2.24) is 9.80 Å². The molecule has 1 saturated heterocycles. The number of nitrogens with zero attached hydrogens (tertiary/aromatic N) is 2. The molecule has 0 bridgehead atoms. The van der Waals surface area contributed by atoms with Gasteiger partial charge in [0.15, 0.2) is 0 Å². The van der Waals surface area contributed by atoms with Crippen molar-refractivity contribution in [1.29, 1.82) is 0 Å². The Balaban J connectivity index is 1.77. The number of piperazine rings is 1. The quantitative estimate of drug-likeness (QED) is 0.804.